The zero-order valence-corrected chi connectivity index (χ0v) is 9.86. The minimum absolute atomic E-state index is 0.524. The summed E-state index contributed by atoms with van der Waals surface area (Å²) >= 11 is 0. The number of benzene rings is 1. The van der Waals surface area contributed by atoms with Crippen LogP contribution in [-0.4, -0.2) is 27.3 Å². The fraction of sp³-hybridized carbons (Fsp3) is 0.538. The van der Waals surface area contributed by atoms with Gasteiger partial charge < -0.3 is 10.1 Å². The Kier molecular flexibility index (Phi) is 5.37. The summed E-state index contributed by atoms with van der Waals surface area (Å²) in [4.78, 5) is 0. The molecule has 0 heterocycles. The van der Waals surface area contributed by atoms with Crippen LogP contribution in [0.15, 0.2) is 30.3 Å². The van der Waals surface area contributed by atoms with Crippen molar-refractivity contribution in [1.29, 1.82) is 0 Å². The van der Waals surface area contributed by atoms with Gasteiger partial charge in [0.05, 0.1) is 0 Å². The molecular formula is C13H21NO. The minimum atomic E-state index is 0.524. The first kappa shape index (κ1) is 12.2. The Balaban J connectivity index is 2.73. The van der Waals surface area contributed by atoms with Gasteiger partial charge in [0.1, 0.15) is 0 Å². The third-order valence-corrected chi connectivity index (χ3v) is 2.77. The van der Waals surface area contributed by atoms with Crippen molar-refractivity contribution in [2.75, 3.05) is 27.3 Å². The zero-order valence-electron chi connectivity index (χ0n) is 9.86. The van der Waals surface area contributed by atoms with Gasteiger partial charge >= 0.3 is 0 Å². The quantitative estimate of drug-likeness (QED) is 0.772. The molecule has 0 spiro atoms. The van der Waals surface area contributed by atoms with Crippen LogP contribution >= 0.6 is 0 Å². The molecule has 1 N–H and O–H groups in total. The molecule has 84 valence electrons. The summed E-state index contributed by atoms with van der Waals surface area (Å²) in [5.41, 5.74) is 1.39. The van der Waals surface area contributed by atoms with Crippen molar-refractivity contribution in [3.05, 3.63) is 35.9 Å². The molecule has 15 heavy (non-hydrogen) atoms. The maximum Gasteiger partial charge on any atom is 0.0494 e. The highest BCUT2D eigenvalue weighted by atomic mass is 16.5. The van der Waals surface area contributed by atoms with Gasteiger partial charge in [0, 0.05) is 26.2 Å². The number of rotatable bonds is 6. The van der Waals surface area contributed by atoms with Crippen molar-refractivity contribution in [2.45, 2.75) is 12.8 Å². The molecule has 0 aliphatic rings. The van der Waals surface area contributed by atoms with E-state index >= 15 is 0 Å². The number of hydrogen-bond acceptors (Lipinski definition) is 2. The van der Waals surface area contributed by atoms with E-state index in [-0.39, 0.29) is 0 Å². The maximum atomic E-state index is 5.22. The number of likely N-dealkylation sites (N-methyl/N-ethyl adjacent to an activating group) is 1. The summed E-state index contributed by atoms with van der Waals surface area (Å²) < 4.78 is 5.22. The maximum absolute atomic E-state index is 5.22. The lowest BCUT2D eigenvalue weighted by atomic mass is 9.87. The number of hydrogen-bond donors (Lipinski definition) is 1. The standard InChI is InChI=1S/C13H21NO/c1-11(10-15-3)13(9-14-2)12-7-5-4-6-8-12/h4-8,11,13-14H,9-10H2,1-3H3. The molecule has 0 aromatic heterocycles. The summed E-state index contributed by atoms with van der Waals surface area (Å²) in [7, 11) is 3.76. The van der Waals surface area contributed by atoms with Crippen molar-refractivity contribution < 1.29 is 4.74 Å². The normalized spacial score (nSPS) is 14.9. The number of ether oxygens (including phenoxy) is 1. The van der Waals surface area contributed by atoms with Crippen LogP contribution in [-0.2, 0) is 4.74 Å². The Morgan fingerprint density at radius 1 is 1.27 bits per heavy atom. The van der Waals surface area contributed by atoms with Crippen molar-refractivity contribution in [1.82, 2.24) is 5.32 Å². The van der Waals surface area contributed by atoms with Crippen LogP contribution < -0.4 is 5.32 Å². The summed E-state index contributed by atoms with van der Waals surface area (Å²) in [6.45, 7) is 4.04. The molecule has 0 bridgehead atoms. The van der Waals surface area contributed by atoms with Gasteiger partial charge in [-0.3, -0.25) is 0 Å². The molecule has 2 atom stereocenters. The fourth-order valence-electron chi connectivity index (χ4n) is 1.95. The predicted octanol–water partition coefficient (Wildman–Crippen LogP) is 2.27. The Labute approximate surface area is 92.6 Å². The topological polar surface area (TPSA) is 21.3 Å². The van der Waals surface area contributed by atoms with Gasteiger partial charge in [0.2, 0.25) is 0 Å². The van der Waals surface area contributed by atoms with Gasteiger partial charge in [-0.15, -0.1) is 0 Å². The third kappa shape index (κ3) is 3.65. The van der Waals surface area contributed by atoms with E-state index in [9.17, 15) is 0 Å². The average molecular weight is 207 g/mol. The zero-order chi connectivity index (χ0) is 11.1. The molecule has 2 heteroatoms. The lowest BCUT2D eigenvalue weighted by Crippen LogP contribution is -2.25. The van der Waals surface area contributed by atoms with Crippen LogP contribution in [0.25, 0.3) is 0 Å². The Morgan fingerprint density at radius 2 is 1.93 bits per heavy atom. The predicted molar refractivity (Wildman–Crippen MR) is 64.1 cm³/mol. The largest absolute Gasteiger partial charge is 0.384 e. The lowest BCUT2D eigenvalue weighted by Gasteiger charge is -2.23. The smallest absolute Gasteiger partial charge is 0.0494 e. The van der Waals surface area contributed by atoms with Gasteiger partial charge in [-0.2, -0.15) is 0 Å². The van der Waals surface area contributed by atoms with Crippen molar-refractivity contribution in [3.63, 3.8) is 0 Å². The Hall–Kier alpha value is -0.860. The van der Waals surface area contributed by atoms with E-state index in [4.69, 9.17) is 4.74 Å². The van der Waals surface area contributed by atoms with Crippen molar-refractivity contribution in [3.8, 4) is 0 Å². The molecule has 0 aliphatic heterocycles. The molecule has 0 saturated carbocycles. The molecule has 2 nitrogen and oxygen atoms in total. The average Bonchev–Trinajstić information content (AvgIpc) is 2.27. The highest BCUT2D eigenvalue weighted by molar-refractivity contribution is 5.20. The second-order valence-corrected chi connectivity index (χ2v) is 4.01. The van der Waals surface area contributed by atoms with Gasteiger partial charge in [0.25, 0.3) is 0 Å². The summed E-state index contributed by atoms with van der Waals surface area (Å²) in [6.07, 6.45) is 0. The van der Waals surface area contributed by atoms with E-state index in [1.165, 1.54) is 5.56 Å². The van der Waals surface area contributed by atoms with Gasteiger partial charge in [-0.05, 0) is 18.5 Å². The van der Waals surface area contributed by atoms with Gasteiger partial charge in [-0.25, -0.2) is 0 Å². The van der Waals surface area contributed by atoms with Crippen molar-refractivity contribution in [2.24, 2.45) is 5.92 Å². The first-order valence-electron chi connectivity index (χ1n) is 5.48. The van der Waals surface area contributed by atoms with Crippen LogP contribution in [0, 0.1) is 5.92 Å². The van der Waals surface area contributed by atoms with Crippen LogP contribution in [0.4, 0.5) is 0 Å². The summed E-state index contributed by atoms with van der Waals surface area (Å²) in [6, 6.07) is 10.6. The summed E-state index contributed by atoms with van der Waals surface area (Å²) in [5.74, 6) is 1.06. The highest BCUT2D eigenvalue weighted by Gasteiger charge is 2.17. The molecular weight excluding hydrogens is 186 g/mol. The third-order valence-electron chi connectivity index (χ3n) is 2.77. The van der Waals surface area contributed by atoms with Crippen LogP contribution in [0.1, 0.15) is 18.4 Å². The second kappa shape index (κ2) is 6.59. The van der Waals surface area contributed by atoms with Gasteiger partial charge in [0.15, 0.2) is 0 Å². The first-order chi connectivity index (χ1) is 7.29. The number of nitrogens with one attached hydrogen (secondary N) is 1. The molecule has 1 aromatic rings. The first-order valence-corrected chi connectivity index (χ1v) is 5.48. The van der Waals surface area contributed by atoms with Gasteiger partial charge in [-0.1, -0.05) is 37.3 Å². The molecule has 1 rings (SSSR count). The summed E-state index contributed by atoms with van der Waals surface area (Å²) in [5, 5.41) is 3.25. The molecule has 2 unspecified atom stereocenters. The molecule has 0 amide bonds. The Morgan fingerprint density at radius 3 is 2.47 bits per heavy atom. The van der Waals surface area contributed by atoms with E-state index < -0.39 is 0 Å². The molecule has 0 fully saturated rings. The van der Waals surface area contributed by atoms with E-state index in [0.29, 0.717) is 11.8 Å². The minimum Gasteiger partial charge on any atom is -0.384 e. The highest BCUT2D eigenvalue weighted by Crippen LogP contribution is 2.23. The van der Waals surface area contributed by atoms with Crippen molar-refractivity contribution >= 4 is 0 Å². The SMILES string of the molecule is CNCC(c1ccccc1)C(C)COC. The lowest BCUT2D eigenvalue weighted by molar-refractivity contribution is 0.146. The van der Waals surface area contributed by atoms with E-state index in [1.54, 1.807) is 7.11 Å². The van der Waals surface area contributed by atoms with Crippen LogP contribution in [0.3, 0.4) is 0 Å². The van der Waals surface area contributed by atoms with E-state index in [1.807, 2.05) is 7.05 Å². The molecule has 0 saturated heterocycles. The second-order valence-electron chi connectivity index (χ2n) is 4.01. The fourth-order valence-corrected chi connectivity index (χ4v) is 1.95. The van der Waals surface area contributed by atoms with E-state index in [2.05, 4.69) is 42.6 Å². The molecule has 0 radical (unpaired) electrons. The van der Waals surface area contributed by atoms with E-state index in [0.717, 1.165) is 13.2 Å². The Bertz CT molecular complexity index is 260. The monoisotopic (exact) mass is 207 g/mol. The molecule has 1 aromatic carbocycles. The van der Waals surface area contributed by atoms with Crippen LogP contribution in [0.2, 0.25) is 0 Å². The number of methoxy groups -OCH3 is 1. The van der Waals surface area contributed by atoms with Crippen LogP contribution in [0.5, 0.6) is 0 Å². The molecule has 0 aliphatic carbocycles.